The van der Waals surface area contributed by atoms with E-state index in [1.165, 1.54) is 41.9 Å². The minimum Gasteiger partial charge on any atom is -0.359 e. The van der Waals surface area contributed by atoms with Crippen molar-refractivity contribution in [3.63, 3.8) is 0 Å². The number of anilines is 3. The molecule has 1 atom stereocenters. The summed E-state index contributed by atoms with van der Waals surface area (Å²) in [5.41, 5.74) is 1.50. The lowest BCUT2D eigenvalue weighted by atomic mass is 10.1. The van der Waals surface area contributed by atoms with Crippen LogP contribution in [0.15, 0.2) is 46.9 Å². The van der Waals surface area contributed by atoms with Gasteiger partial charge in [0.2, 0.25) is 0 Å². The predicted octanol–water partition coefficient (Wildman–Crippen LogP) is 3.30. The monoisotopic (exact) mass is 493 g/mol. The molecule has 32 heavy (non-hydrogen) atoms. The molecule has 0 aliphatic carbocycles. The topological polar surface area (TPSA) is 95.5 Å². The third-order valence-electron chi connectivity index (χ3n) is 5.60. The first-order chi connectivity index (χ1) is 15.3. The zero-order chi connectivity index (χ0) is 22.5. The SMILES string of the molecule is O=C1[C@@H](N2CCc3c2ccc(F)c3Cl)CCN1c1ccc(S(=O)(=O)Nc2nccs2)cn1. The summed E-state index contributed by atoms with van der Waals surface area (Å²) in [6, 6.07) is 5.49. The number of aromatic nitrogens is 2. The van der Waals surface area contributed by atoms with Crippen LogP contribution in [0, 0.1) is 5.82 Å². The van der Waals surface area contributed by atoms with Crippen LogP contribution in [0.2, 0.25) is 5.02 Å². The third-order valence-corrected chi connectivity index (χ3v) is 8.15. The minimum atomic E-state index is -3.82. The first-order valence-corrected chi connectivity index (χ1v) is 12.5. The Labute approximate surface area is 192 Å². The van der Waals surface area contributed by atoms with E-state index in [0.717, 1.165) is 11.3 Å². The summed E-state index contributed by atoms with van der Waals surface area (Å²) in [5.74, 6) is -0.222. The van der Waals surface area contributed by atoms with E-state index in [9.17, 15) is 17.6 Å². The van der Waals surface area contributed by atoms with Gasteiger partial charge in [-0.1, -0.05) is 11.6 Å². The molecule has 5 rings (SSSR count). The van der Waals surface area contributed by atoms with Crippen LogP contribution in [0.4, 0.5) is 21.0 Å². The predicted molar refractivity (Wildman–Crippen MR) is 120 cm³/mol. The molecule has 0 unspecified atom stereocenters. The van der Waals surface area contributed by atoms with Crippen LogP contribution in [0.5, 0.6) is 0 Å². The van der Waals surface area contributed by atoms with Crippen molar-refractivity contribution in [1.82, 2.24) is 9.97 Å². The number of halogens is 2. The van der Waals surface area contributed by atoms with Crippen LogP contribution in [0.3, 0.4) is 0 Å². The van der Waals surface area contributed by atoms with Gasteiger partial charge in [0.25, 0.3) is 15.9 Å². The fraction of sp³-hybridized carbons (Fsp3) is 0.250. The maximum atomic E-state index is 13.8. The molecule has 0 spiro atoms. The molecule has 3 aromatic rings. The number of carbonyl (C=O) groups is 1. The Morgan fingerprint density at radius 3 is 2.75 bits per heavy atom. The summed E-state index contributed by atoms with van der Waals surface area (Å²) in [5, 5.41) is 2.03. The fourth-order valence-corrected chi connectivity index (χ4v) is 6.07. The lowest BCUT2D eigenvalue weighted by Crippen LogP contribution is -2.41. The zero-order valence-electron chi connectivity index (χ0n) is 16.5. The molecule has 0 bridgehead atoms. The van der Waals surface area contributed by atoms with Crippen molar-refractivity contribution in [1.29, 1.82) is 0 Å². The Morgan fingerprint density at radius 2 is 2.03 bits per heavy atom. The molecule has 2 aliphatic rings. The van der Waals surface area contributed by atoms with Gasteiger partial charge in [0.15, 0.2) is 5.13 Å². The van der Waals surface area contributed by atoms with Crippen LogP contribution in [-0.2, 0) is 21.2 Å². The van der Waals surface area contributed by atoms with Crippen molar-refractivity contribution in [3.05, 3.63) is 58.4 Å². The number of pyridine rings is 1. The summed E-state index contributed by atoms with van der Waals surface area (Å²) in [6.07, 6.45) is 3.87. The van der Waals surface area contributed by atoms with E-state index in [0.29, 0.717) is 31.7 Å². The Bertz CT molecular complexity index is 1290. The quantitative estimate of drug-likeness (QED) is 0.586. The average molecular weight is 494 g/mol. The molecule has 4 heterocycles. The van der Waals surface area contributed by atoms with Gasteiger partial charge in [-0.15, -0.1) is 11.3 Å². The maximum absolute atomic E-state index is 13.8. The molecule has 0 saturated carbocycles. The van der Waals surface area contributed by atoms with Gasteiger partial charge in [0.05, 0.1) is 5.02 Å². The number of hydrogen-bond donors (Lipinski definition) is 1. The van der Waals surface area contributed by atoms with Gasteiger partial charge in [-0.05, 0) is 42.7 Å². The Morgan fingerprint density at radius 1 is 1.19 bits per heavy atom. The van der Waals surface area contributed by atoms with Crippen LogP contribution in [-0.4, -0.2) is 43.4 Å². The highest BCUT2D eigenvalue weighted by molar-refractivity contribution is 7.93. The molecule has 8 nitrogen and oxygen atoms in total. The van der Waals surface area contributed by atoms with Gasteiger partial charge >= 0.3 is 0 Å². The number of rotatable bonds is 5. The van der Waals surface area contributed by atoms with Crippen LogP contribution < -0.4 is 14.5 Å². The second-order valence-corrected chi connectivity index (χ2v) is 10.3. The number of amides is 1. The normalized spacial score (nSPS) is 18.3. The van der Waals surface area contributed by atoms with Gasteiger partial charge in [-0.2, -0.15) is 0 Å². The van der Waals surface area contributed by atoms with Gasteiger partial charge < -0.3 is 4.90 Å². The van der Waals surface area contributed by atoms with Crippen LogP contribution >= 0.6 is 22.9 Å². The highest BCUT2D eigenvalue weighted by Gasteiger charge is 2.40. The van der Waals surface area contributed by atoms with E-state index in [1.54, 1.807) is 16.3 Å². The highest BCUT2D eigenvalue weighted by Crippen LogP contribution is 2.38. The highest BCUT2D eigenvalue weighted by atomic mass is 35.5. The minimum absolute atomic E-state index is 0.0233. The molecule has 1 saturated heterocycles. The van der Waals surface area contributed by atoms with Gasteiger partial charge in [-0.3, -0.25) is 14.4 Å². The zero-order valence-corrected chi connectivity index (χ0v) is 18.9. The molecular weight excluding hydrogens is 477 g/mol. The summed E-state index contributed by atoms with van der Waals surface area (Å²) in [7, 11) is -3.82. The number of carbonyl (C=O) groups excluding carboxylic acids is 1. The van der Waals surface area contributed by atoms with Gasteiger partial charge in [-0.25, -0.2) is 22.8 Å². The molecule has 166 valence electrons. The molecule has 2 aromatic heterocycles. The number of hydrogen-bond acceptors (Lipinski definition) is 7. The first kappa shape index (κ1) is 21.1. The van der Waals surface area contributed by atoms with Crippen molar-refractivity contribution < 1.29 is 17.6 Å². The standard InChI is InChI=1S/C20H17ClFN5O3S2/c21-18-13-5-8-26(15(13)3-2-14(18)22)16-6-9-27(19(16)28)17-4-1-12(11-24-17)32(29,30)25-20-23-7-10-31-20/h1-4,7,10-11,16H,5-6,8-9H2,(H,23,25)/t16-/m0/s1. The van der Waals surface area contributed by atoms with Crippen molar-refractivity contribution in [2.45, 2.75) is 23.8 Å². The van der Waals surface area contributed by atoms with E-state index >= 15 is 0 Å². The maximum Gasteiger partial charge on any atom is 0.265 e. The number of nitrogens with one attached hydrogen (secondary N) is 1. The molecule has 1 amide bonds. The molecule has 1 aromatic carbocycles. The van der Waals surface area contributed by atoms with Gasteiger partial charge in [0, 0.05) is 36.6 Å². The fourth-order valence-electron chi connectivity index (χ4n) is 4.09. The van der Waals surface area contributed by atoms with Crippen molar-refractivity contribution in [2.24, 2.45) is 0 Å². The first-order valence-electron chi connectivity index (χ1n) is 9.78. The third kappa shape index (κ3) is 3.59. The molecule has 0 radical (unpaired) electrons. The Kier molecular flexibility index (Phi) is 5.26. The van der Waals surface area contributed by atoms with E-state index < -0.39 is 21.9 Å². The molecule has 2 aliphatic heterocycles. The number of thiazole rings is 1. The smallest absolute Gasteiger partial charge is 0.265 e. The van der Waals surface area contributed by atoms with Crippen LogP contribution in [0.25, 0.3) is 0 Å². The van der Waals surface area contributed by atoms with E-state index in [1.807, 2.05) is 4.90 Å². The molecular formula is C20H17ClFN5O3S2. The molecule has 1 fully saturated rings. The van der Waals surface area contributed by atoms with E-state index in [4.69, 9.17) is 11.6 Å². The number of benzene rings is 1. The van der Waals surface area contributed by atoms with Crippen molar-refractivity contribution in [2.75, 3.05) is 27.6 Å². The summed E-state index contributed by atoms with van der Waals surface area (Å²) in [4.78, 5) is 24.8. The van der Waals surface area contributed by atoms with Crippen LogP contribution in [0.1, 0.15) is 12.0 Å². The van der Waals surface area contributed by atoms with E-state index in [-0.39, 0.29) is 21.0 Å². The number of sulfonamides is 1. The number of nitrogens with zero attached hydrogens (tertiary/aromatic N) is 4. The lowest BCUT2D eigenvalue weighted by molar-refractivity contribution is -0.118. The summed E-state index contributed by atoms with van der Waals surface area (Å²) >= 11 is 7.27. The number of fused-ring (bicyclic) bond motifs is 1. The Hall–Kier alpha value is -2.76. The lowest BCUT2D eigenvalue weighted by Gasteiger charge is -2.26. The van der Waals surface area contributed by atoms with E-state index in [2.05, 4.69) is 14.7 Å². The second-order valence-electron chi connectivity index (χ2n) is 7.39. The molecule has 1 N–H and O–H groups in total. The van der Waals surface area contributed by atoms with Crippen molar-refractivity contribution >= 4 is 55.5 Å². The van der Waals surface area contributed by atoms with Crippen molar-refractivity contribution in [3.8, 4) is 0 Å². The second kappa shape index (κ2) is 7.98. The molecule has 12 heteroatoms. The largest absolute Gasteiger partial charge is 0.359 e. The summed E-state index contributed by atoms with van der Waals surface area (Å²) < 4.78 is 41.1. The van der Waals surface area contributed by atoms with Gasteiger partial charge in [0.1, 0.15) is 22.6 Å². The average Bonchev–Trinajstić information content (AvgIpc) is 3.51. The summed E-state index contributed by atoms with van der Waals surface area (Å²) in [6.45, 7) is 1.02. The Balaban J connectivity index is 1.33.